The predicted molar refractivity (Wildman–Crippen MR) is 194 cm³/mol. The third kappa shape index (κ3) is 15.3. The number of terminal acetylenes is 1. The van der Waals surface area contributed by atoms with E-state index in [2.05, 4.69) is 27.2 Å². The summed E-state index contributed by atoms with van der Waals surface area (Å²) in [6.45, 7) is 8.22. The van der Waals surface area contributed by atoms with E-state index >= 15 is 0 Å². The molecule has 0 aliphatic rings. The van der Waals surface area contributed by atoms with Crippen molar-refractivity contribution in [2.24, 2.45) is 11.8 Å². The lowest BCUT2D eigenvalue weighted by Crippen LogP contribution is -2.57. The fourth-order valence-electron chi connectivity index (χ4n) is 5.47. The first kappa shape index (κ1) is 42.9. The van der Waals surface area contributed by atoms with Crippen molar-refractivity contribution in [3.8, 4) is 12.3 Å². The van der Waals surface area contributed by atoms with Crippen molar-refractivity contribution in [1.29, 1.82) is 0 Å². The van der Waals surface area contributed by atoms with Crippen LogP contribution in [0.4, 0.5) is 4.79 Å². The second-order valence-corrected chi connectivity index (χ2v) is 13.0. The largest absolute Gasteiger partial charge is 0.447 e. The number of nitrogens with one attached hydrogen (secondary N) is 4. The van der Waals surface area contributed by atoms with Gasteiger partial charge in [-0.2, -0.15) is 0 Å². The van der Waals surface area contributed by atoms with Crippen molar-refractivity contribution >= 4 is 34.6 Å². The number of ether oxygens (including phenoxy) is 3. The number of fused-ring (bicyclic) bond motifs is 1. The molecule has 0 heterocycles. The van der Waals surface area contributed by atoms with Crippen molar-refractivity contribution in [2.75, 3.05) is 40.1 Å². The van der Waals surface area contributed by atoms with E-state index in [1.165, 1.54) is 0 Å². The van der Waals surface area contributed by atoms with E-state index < -0.39 is 54.1 Å². The van der Waals surface area contributed by atoms with E-state index in [1.807, 2.05) is 70.2 Å². The highest BCUT2D eigenvalue weighted by Gasteiger charge is 2.31. The Morgan fingerprint density at radius 3 is 2.22 bits per heavy atom. The van der Waals surface area contributed by atoms with Crippen molar-refractivity contribution in [3.63, 3.8) is 0 Å². The summed E-state index contributed by atoms with van der Waals surface area (Å²) in [6.07, 6.45) is 4.15. The molecular formula is C38H56N4O9. The van der Waals surface area contributed by atoms with Gasteiger partial charge in [-0.25, -0.2) is 4.79 Å². The summed E-state index contributed by atoms with van der Waals surface area (Å²) >= 11 is 0. The molecule has 2 rings (SSSR count). The van der Waals surface area contributed by atoms with Crippen molar-refractivity contribution in [3.05, 3.63) is 48.0 Å². The molecule has 0 spiro atoms. The molecule has 0 aromatic heterocycles. The van der Waals surface area contributed by atoms with Gasteiger partial charge in [-0.3, -0.25) is 14.4 Å². The quantitative estimate of drug-likeness (QED) is 0.0744. The van der Waals surface area contributed by atoms with Crippen LogP contribution >= 0.6 is 0 Å². The molecule has 0 aliphatic heterocycles. The maximum atomic E-state index is 13.8. The van der Waals surface area contributed by atoms with E-state index in [4.69, 9.17) is 20.6 Å². The Bertz CT molecular complexity index is 1420. The minimum atomic E-state index is -1.26. The smallest absolute Gasteiger partial charge is 0.407 e. The Labute approximate surface area is 301 Å². The van der Waals surface area contributed by atoms with Crippen LogP contribution in [-0.4, -0.2) is 104 Å². The molecule has 51 heavy (non-hydrogen) atoms. The maximum Gasteiger partial charge on any atom is 0.407 e. The molecule has 3 unspecified atom stereocenters. The number of aliphatic hydroxyl groups is 2. The number of alkyl carbamates (subject to hydrolysis) is 1. The van der Waals surface area contributed by atoms with E-state index in [0.29, 0.717) is 19.6 Å². The summed E-state index contributed by atoms with van der Waals surface area (Å²) in [5.41, 5.74) is 0.782. The molecule has 0 saturated carbocycles. The summed E-state index contributed by atoms with van der Waals surface area (Å²) in [5, 5.41) is 33.5. The van der Waals surface area contributed by atoms with Gasteiger partial charge in [-0.1, -0.05) is 76.6 Å². The molecule has 0 radical (unpaired) electrons. The van der Waals surface area contributed by atoms with Crippen molar-refractivity contribution in [2.45, 2.75) is 90.1 Å². The highest BCUT2D eigenvalue weighted by Crippen LogP contribution is 2.20. The first-order valence-corrected chi connectivity index (χ1v) is 17.5. The minimum Gasteiger partial charge on any atom is -0.447 e. The topological polar surface area (TPSA) is 185 Å². The molecule has 6 N–H and O–H groups in total. The molecule has 6 atom stereocenters. The zero-order chi connectivity index (χ0) is 37.8. The average Bonchev–Trinajstić information content (AvgIpc) is 3.10. The van der Waals surface area contributed by atoms with Gasteiger partial charge < -0.3 is 45.7 Å². The summed E-state index contributed by atoms with van der Waals surface area (Å²) in [7, 11) is 1.55. The maximum absolute atomic E-state index is 13.8. The molecule has 0 saturated heterocycles. The van der Waals surface area contributed by atoms with Crippen molar-refractivity contribution in [1.82, 2.24) is 21.3 Å². The molecule has 282 valence electrons. The molecule has 0 bridgehead atoms. The van der Waals surface area contributed by atoms with E-state index in [0.717, 1.165) is 22.8 Å². The van der Waals surface area contributed by atoms with Gasteiger partial charge in [-0.15, -0.1) is 12.3 Å². The number of amides is 4. The van der Waals surface area contributed by atoms with Crippen LogP contribution in [0.1, 0.15) is 58.9 Å². The van der Waals surface area contributed by atoms with Crippen LogP contribution in [-0.2, 0) is 35.0 Å². The highest BCUT2D eigenvalue weighted by molar-refractivity contribution is 5.93. The van der Waals surface area contributed by atoms with E-state index in [1.54, 1.807) is 7.11 Å². The molecule has 4 amide bonds. The van der Waals surface area contributed by atoms with Gasteiger partial charge in [0, 0.05) is 20.0 Å². The Balaban J connectivity index is 2.22. The SMILES string of the molecule is C#CC[C@H](NC(=O)[C@H](Cc1cccc2ccccc12)NC(=O)OCCOCCOC)C(=O)NC(CC(C)C)C(O)CC(=O)N[C@H](CO)C(C)CC. The lowest BCUT2D eigenvalue weighted by molar-refractivity contribution is -0.131. The normalized spacial score (nSPS) is 14.7. The predicted octanol–water partition coefficient (Wildman–Crippen LogP) is 2.45. The lowest BCUT2D eigenvalue weighted by Gasteiger charge is -2.29. The Morgan fingerprint density at radius 2 is 1.55 bits per heavy atom. The number of methoxy groups -OCH3 is 1. The summed E-state index contributed by atoms with van der Waals surface area (Å²) in [4.78, 5) is 53.1. The van der Waals surface area contributed by atoms with Crippen molar-refractivity contribution < 1.29 is 43.6 Å². The number of carbonyl (C=O) groups excluding carboxylic acids is 4. The fourth-order valence-corrected chi connectivity index (χ4v) is 5.47. The molecule has 0 fully saturated rings. The van der Waals surface area contributed by atoms with Crippen LogP contribution in [0.3, 0.4) is 0 Å². The number of hydrogen-bond acceptors (Lipinski definition) is 9. The van der Waals surface area contributed by atoms with Crippen LogP contribution in [0.25, 0.3) is 10.8 Å². The average molecular weight is 713 g/mol. The van der Waals surface area contributed by atoms with Crippen LogP contribution in [0.5, 0.6) is 0 Å². The third-order valence-corrected chi connectivity index (χ3v) is 8.55. The number of aliphatic hydroxyl groups excluding tert-OH is 2. The molecular weight excluding hydrogens is 656 g/mol. The van der Waals surface area contributed by atoms with Gasteiger partial charge in [-0.05, 0) is 34.6 Å². The number of carbonyl (C=O) groups is 4. The molecule has 0 aliphatic carbocycles. The third-order valence-electron chi connectivity index (χ3n) is 8.55. The van der Waals surface area contributed by atoms with Gasteiger partial charge in [0.05, 0.1) is 51.0 Å². The number of hydrogen-bond donors (Lipinski definition) is 6. The number of benzene rings is 2. The Hall–Kier alpha value is -4.22. The van der Waals surface area contributed by atoms with Gasteiger partial charge in [0.25, 0.3) is 0 Å². The van der Waals surface area contributed by atoms with Crippen LogP contribution in [0.2, 0.25) is 0 Å². The number of rotatable bonds is 23. The zero-order valence-electron chi connectivity index (χ0n) is 30.5. The second-order valence-electron chi connectivity index (χ2n) is 13.0. The first-order valence-electron chi connectivity index (χ1n) is 17.5. The van der Waals surface area contributed by atoms with E-state index in [9.17, 15) is 29.4 Å². The molecule has 13 heteroatoms. The summed E-state index contributed by atoms with van der Waals surface area (Å²) < 4.78 is 15.5. The van der Waals surface area contributed by atoms with Crippen LogP contribution < -0.4 is 21.3 Å². The fraction of sp³-hybridized carbons (Fsp3) is 0.579. The first-order chi connectivity index (χ1) is 24.4. The second kappa shape index (κ2) is 23.3. The zero-order valence-corrected chi connectivity index (χ0v) is 30.5. The van der Waals surface area contributed by atoms with Gasteiger partial charge >= 0.3 is 6.09 Å². The molecule has 2 aromatic carbocycles. The van der Waals surface area contributed by atoms with Gasteiger partial charge in [0.2, 0.25) is 17.7 Å². The Morgan fingerprint density at radius 1 is 0.863 bits per heavy atom. The minimum absolute atomic E-state index is 0.0243. The molecule has 2 aromatic rings. The standard InChI is InChI=1S/C38H56N4O9/c1-7-12-30(36(46)41-31(21-25(3)4)34(44)23-35(45)39-33(24-43)26(5)8-2)40-37(47)32(42-38(48)51-20-19-50-18-17-49-6)22-28-15-11-14-27-13-9-10-16-29(27)28/h1,9-11,13-16,25-26,30-34,43-44H,8,12,17-24H2,2-6H3,(H,39,45)(H,40,47)(H,41,46)(H,42,48)/t26?,30-,31?,32-,33+,34?/m0/s1. The van der Waals surface area contributed by atoms with E-state index in [-0.39, 0.29) is 50.9 Å². The monoisotopic (exact) mass is 712 g/mol. The van der Waals surface area contributed by atoms with Gasteiger partial charge in [0.1, 0.15) is 18.7 Å². The highest BCUT2D eigenvalue weighted by atomic mass is 16.6. The summed E-state index contributed by atoms with van der Waals surface area (Å²) in [6, 6.07) is 9.59. The lowest BCUT2D eigenvalue weighted by atomic mass is 9.95. The Kier molecular flexibility index (Phi) is 19.6. The molecule has 13 nitrogen and oxygen atoms in total. The summed E-state index contributed by atoms with van der Waals surface area (Å²) in [5.74, 6) is 0.680. The van der Waals surface area contributed by atoms with Crippen LogP contribution in [0.15, 0.2) is 42.5 Å². The van der Waals surface area contributed by atoms with Gasteiger partial charge in [0.15, 0.2) is 0 Å². The van der Waals surface area contributed by atoms with Crippen LogP contribution in [0, 0.1) is 24.2 Å².